The Hall–Kier alpha value is -4.76. The number of pyridine rings is 2. The summed E-state index contributed by atoms with van der Waals surface area (Å²) in [5.74, 6) is -1.54. The molecule has 2 amide bonds. The largest absolute Gasteiger partial charge is 0.481 e. The van der Waals surface area contributed by atoms with Gasteiger partial charge in [0.05, 0.1) is 28.9 Å². The zero-order valence-electron chi connectivity index (χ0n) is 24.3. The van der Waals surface area contributed by atoms with E-state index in [4.69, 9.17) is 11.6 Å². The van der Waals surface area contributed by atoms with Crippen molar-refractivity contribution >= 4 is 40.8 Å². The molecular formula is C34H34ClN5O4. The van der Waals surface area contributed by atoms with E-state index in [0.29, 0.717) is 22.0 Å². The molecule has 1 aliphatic heterocycles. The van der Waals surface area contributed by atoms with Crippen molar-refractivity contribution in [2.75, 3.05) is 29.9 Å². The summed E-state index contributed by atoms with van der Waals surface area (Å²) in [4.78, 5) is 49.8. The lowest BCUT2D eigenvalue weighted by atomic mass is 10.0. The SMILES string of the molecule is O=C(O)CCN(Cc1cccc(-c2ccc(N3CCCCCC3)c(NC(=O)c3ccc(Cl)nc3)c2)c1)C(=O)c1cccnc1. The summed E-state index contributed by atoms with van der Waals surface area (Å²) < 4.78 is 0. The minimum atomic E-state index is -0.976. The van der Waals surface area contributed by atoms with Gasteiger partial charge in [-0.2, -0.15) is 0 Å². The van der Waals surface area contributed by atoms with Crippen LogP contribution < -0.4 is 10.2 Å². The Morgan fingerprint density at radius 3 is 2.39 bits per heavy atom. The first-order valence-electron chi connectivity index (χ1n) is 14.7. The molecule has 0 atom stereocenters. The van der Waals surface area contributed by atoms with E-state index < -0.39 is 5.97 Å². The van der Waals surface area contributed by atoms with Crippen LogP contribution in [-0.4, -0.2) is 57.4 Å². The Kier molecular flexibility index (Phi) is 10.2. The monoisotopic (exact) mass is 611 g/mol. The van der Waals surface area contributed by atoms with Gasteiger partial charge in [0.25, 0.3) is 11.8 Å². The number of hydrogen-bond donors (Lipinski definition) is 2. The van der Waals surface area contributed by atoms with Crippen molar-refractivity contribution in [1.82, 2.24) is 14.9 Å². The summed E-state index contributed by atoms with van der Waals surface area (Å²) in [6.45, 7) is 2.12. The van der Waals surface area contributed by atoms with Gasteiger partial charge in [0.2, 0.25) is 0 Å². The van der Waals surface area contributed by atoms with Crippen LogP contribution in [-0.2, 0) is 11.3 Å². The number of aromatic nitrogens is 2. The van der Waals surface area contributed by atoms with Gasteiger partial charge in [-0.05, 0) is 72.0 Å². The van der Waals surface area contributed by atoms with Crippen molar-refractivity contribution in [3.05, 3.63) is 107 Å². The summed E-state index contributed by atoms with van der Waals surface area (Å²) in [6, 6.07) is 20.4. The Balaban J connectivity index is 1.44. The number of carboxylic acids is 1. The minimum Gasteiger partial charge on any atom is -0.481 e. The topological polar surface area (TPSA) is 116 Å². The van der Waals surface area contributed by atoms with Crippen LogP contribution in [0.2, 0.25) is 5.15 Å². The van der Waals surface area contributed by atoms with Crippen LogP contribution in [0.25, 0.3) is 11.1 Å². The third kappa shape index (κ3) is 7.99. The number of rotatable bonds is 10. The fourth-order valence-electron chi connectivity index (χ4n) is 5.33. The first-order valence-corrected chi connectivity index (χ1v) is 15.1. The Labute approximate surface area is 261 Å². The summed E-state index contributed by atoms with van der Waals surface area (Å²) >= 11 is 5.93. The van der Waals surface area contributed by atoms with E-state index in [-0.39, 0.29) is 31.3 Å². The second-order valence-corrected chi connectivity index (χ2v) is 11.2. The summed E-state index contributed by atoms with van der Waals surface area (Å²) in [7, 11) is 0. The number of benzene rings is 2. The van der Waals surface area contributed by atoms with Gasteiger partial charge in [0.15, 0.2) is 0 Å². The molecule has 0 bridgehead atoms. The number of carbonyl (C=O) groups is 3. The van der Waals surface area contributed by atoms with E-state index in [1.54, 1.807) is 30.5 Å². The quantitative estimate of drug-likeness (QED) is 0.195. The lowest BCUT2D eigenvalue weighted by molar-refractivity contribution is -0.137. The molecule has 0 radical (unpaired) electrons. The highest BCUT2D eigenvalue weighted by Crippen LogP contribution is 2.34. The Morgan fingerprint density at radius 1 is 0.886 bits per heavy atom. The van der Waals surface area contributed by atoms with Crippen molar-refractivity contribution in [3.63, 3.8) is 0 Å². The molecule has 5 rings (SSSR count). The first kappa shape index (κ1) is 30.7. The van der Waals surface area contributed by atoms with E-state index in [0.717, 1.165) is 48.3 Å². The molecule has 0 saturated carbocycles. The predicted octanol–water partition coefficient (Wildman–Crippen LogP) is 6.55. The van der Waals surface area contributed by atoms with Crippen LogP contribution in [0.5, 0.6) is 0 Å². The maximum absolute atomic E-state index is 13.2. The fraction of sp³-hybridized carbons (Fsp3) is 0.265. The van der Waals surface area contributed by atoms with Crippen molar-refractivity contribution < 1.29 is 19.5 Å². The minimum absolute atomic E-state index is 0.0631. The van der Waals surface area contributed by atoms with Gasteiger partial charge in [-0.1, -0.05) is 48.7 Å². The number of carbonyl (C=O) groups excluding carboxylic acids is 2. The van der Waals surface area contributed by atoms with Gasteiger partial charge in [-0.3, -0.25) is 19.4 Å². The molecule has 2 N–H and O–H groups in total. The highest BCUT2D eigenvalue weighted by molar-refractivity contribution is 6.29. The number of nitrogens with one attached hydrogen (secondary N) is 1. The van der Waals surface area contributed by atoms with E-state index >= 15 is 0 Å². The zero-order chi connectivity index (χ0) is 30.9. The van der Waals surface area contributed by atoms with E-state index in [1.807, 2.05) is 42.5 Å². The number of aliphatic carboxylic acids is 1. The molecule has 1 aliphatic rings. The molecule has 10 heteroatoms. The first-order chi connectivity index (χ1) is 21.4. The third-order valence-corrected chi connectivity index (χ3v) is 7.83. The molecule has 1 fully saturated rings. The molecule has 9 nitrogen and oxygen atoms in total. The Morgan fingerprint density at radius 2 is 1.68 bits per heavy atom. The lowest BCUT2D eigenvalue weighted by Gasteiger charge is -2.26. The van der Waals surface area contributed by atoms with Crippen LogP contribution in [0.1, 0.15) is 58.4 Å². The van der Waals surface area contributed by atoms with Crippen LogP contribution in [0, 0.1) is 0 Å². The van der Waals surface area contributed by atoms with Crippen molar-refractivity contribution in [2.24, 2.45) is 0 Å². The lowest BCUT2D eigenvalue weighted by Crippen LogP contribution is -2.32. The van der Waals surface area contributed by atoms with Gasteiger partial charge >= 0.3 is 5.97 Å². The average molecular weight is 612 g/mol. The molecule has 2 aromatic heterocycles. The number of amides is 2. The highest BCUT2D eigenvalue weighted by atomic mass is 35.5. The maximum Gasteiger partial charge on any atom is 0.305 e. The molecule has 2 aromatic carbocycles. The average Bonchev–Trinajstić information content (AvgIpc) is 3.33. The molecule has 3 heterocycles. The van der Waals surface area contributed by atoms with Crippen molar-refractivity contribution in [2.45, 2.75) is 38.6 Å². The van der Waals surface area contributed by atoms with Crippen LogP contribution in [0.15, 0.2) is 85.3 Å². The van der Waals surface area contributed by atoms with Gasteiger partial charge < -0.3 is 20.2 Å². The second kappa shape index (κ2) is 14.6. The maximum atomic E-state index is 13.2. The second-order valence-electron chi connectivity index (χ2n) is 10.8. The summed E-state index contributed by atoms with van der Waals surface area (Å²) in [5, 5.41) is 12.7. The van der Waals surface area contributed by atoms with E-state index in [2.05, 4.69) is 20.2 Å². The molecule has 0 spiro atoms. The number of anilines is 2. The normalized spacial score (nSPS) is 13.2. The van der Waals surface area contributed by atoms with Crippen molar-refractivity contribution in [3.8, 4) is 11.1 Å². The highest BCUT2D eigenvalue weighted by Gasteiger charge is 2.20. The van der Waals surface area contributed by atoms with Crippen LogP contribution >= 0.6 is 11.6 Å². The molecule has 0 unspecified atom stereocenters. The van der Waals surface area contributed by atoms with Gasteiger partial charge in [-0.25, -0.2) is 4.98 Å². The molecule has 44 heavy (non-hydrogen) atoms. The van der Waals surface area contributed by atoms with Crippen LogP contribution in [0.4, 0.5) is 11.4 Å². The number of carboxylic acid groups (broad SMARTS) is 1. The summed E-state index contributed by atoms with van der Waals surface area (Å²) in [5.41, 5.74) is 5.11. The van der Waals surface area contributed by atoms with E-state index in [9.17, 15) is 19.5 Å². The molecule has 226 valence electrons. The van der Waals surface area contributed by atoms with Crippen LogP contribution in [0.3, 0.4) is 0 Å². The third-order valence-electron chi connectivity index (χ3n) is 7.61. The van der Waals surface area contributed by atoms with E-state index in [1.165, 1.54) is 30.1 Å². The standard InChI is InChI=1S/C34H34ClN5O4/c35-31-13-11-27(22-37-31)33(43)38-29-20-26(10-12-30(29)39-16-3-1-2-4-17-39)25-8-5-7-24(19-25)23-40(18-14-32(41)42)34(44)28-9-6-15-36-21-28/h5-13,15,19-22H,1-4,14,16-18,23H2,(H,38,43)(H,41,42). The molecular weight excluding hydrogens is 578 g/mol. The smallest absolute Gasteiger partial charge is 0.305 e. The zero-order valence-corrected chi connectivity index (χ0v) is 25.0. The fourth-order valence-corrected chi connectivity index (χ4v) is 5.44. The predicted molar refractivity (Wildman–Crippen MR) is 171 cm³/mol. The molecule has 4 aromatic rings. The molecule has 1 saturated heterocycles. The summed E-state index contributed by atoms with van der Waals surface area (Å²) in [6.07, 6.45) is 8.91. The number of nitrogens with zero attached hydrogens (tertiary/aromatic N) is 4. The Bertz CT molecular complexity index is 1610. The number of hydrogen-bond acceptors (Lipinski definition) is 6. The molecule has 0 aliphatic carbocycles. The van der Waals surface area contributed by atoms with Gasteiger partial charge in [0, 0.05) is 44.8 Å². The van der Waals surface area contributed by atoms with Gasteiger partial charge in [0.1, 0.15) is 5.15 Å². The number of halogens is 1. The van der Waals surface area contributed by atoms with Crippen molar-refractivity contribution in [1.29, 1.82) is 0 Å². The van der Waals surface area contributed by atoms with Gasteiger partial charge in [-0.15, -0.1) is 0 Å².